The zero-order chi connectivity index (χ0) is 20.9. The first-order chi connectivity index (χ1) is 13.9. The van der Waals surface area contributed by atoms with Crippen LogP contribution in [0.1, 0.15) is 38.7 Å². The number of nitrogens with one attached hydrogen (secondary N) is 2. The van der Waals surface area contributed by atoms with E-state index < -0.39 is 10.0 Å². The van der Waals surface area contributed by atoms with Crippen molar-refractivity contribution >= 4 is 16.0 Å². The first kappa shape index (κ1) is 22.1. The van der Waals surface area contributed by atoms with Gasteiger partial charge in [-0.15, -0.1) is 0 Å². The molecule has 2 N–H and O–H groups in total. The molecule has 0 aromatic heterocycles. The van der Waals surface area contributed by atoms with E-state index in [4.69, 9.17) is 4.74 Å². The van der Waals surface area contributed by atoms with E-state index in [2.05, 4.69) is 33.8 Å². The van der Waals surface area contributed by atoms with E-state index in [1.54, 1.807) is 12.1 Å². The second-order valence-electron chi connectivity index (χ2n) is 8.38. The van der Waals surface area contributed by atoms with Crippen molar-refractivity contribution in [3.05, 3.63) is 29.8 Å². The van der Waals surface area contributed by atoms with Crippen molar-refractivity contribution in [1.82, 2.24) is 14.9 Å². The van der Waals surface area contributed by atoms with E-state index in [-0.39, 0.29) is 11.0 Å². The molecule has 1 aromatic rings. The van der Waals surface area contributed by atoms with Crippen molar-refractivity contribution in [1.29, 1.82) is 0 Å². The number of benzene rings is 1. The topological polar surface area (TPSA) is 83.0 Å². The largest absolute Gasteiger partial charge is 0.377 e. The highest BCUT2D eigenvalue weighted by Gasteiger charge is 2.24. The lowest BCUT2D eigenvalue weighted by Crippen LogP contribution is -2.48. The fourth-order valence-electron chi connectivity index (χ4n) is 4.23. The zero-order valence-corrected chi connectivity index (χ0v) is 18.5. The molecule has 7 nitrogen and oxygen atoms in total. The normalized spacial score (nSPS) is 26.0. The number of ether oxygens (including phenoxy) is 1. The minimum Gasteiger partial charge on any atom is -0.377 e. The van der Waals surface area contributed by atoms with Crippen LogP contribution in [0.15, 0.2) is 34.2 Å². The van der Waals surface area contributed by atoms with Gasteiger partial charge in [0.15, 0.2) is 5.96 Å². The Hall–Kier alpha value is -1.64. The fourth-order valence-corrected chi connectivity index (χ4v) is 5.29. The van der Waals surface area contributed by atoms with Gasteiger partial charge in [0, 0.05) is 39.8 Å². The summed E-state index contributed by atoms with van der Waals surface area (Å²) in [6.45, 7) is 8.23. The molecular weight excluding hydrogens is 388 g/mol. The lowest BCUT2D eigenvalue weighted by molar-refractivity contribution is 0.114. The number of likely N-dealkylation sites (tertiary alicyclic amines) is 1. The van der Waals surface area contributed by atoms with Crippen molar-refractivity contribution in [2.45, 2.75) is 50.7 Å². The highest BCUT2D eigenvalue weighted by Crippen LogP contribution is 2.21. The molecule has 0 amide bonds. The SMILES string of the molecule is CN=C(NCc1ccc(S(=O)(=O)NCC2CCCO2)cc1)N1CC(C)CC(C)C1. The number of hydrogen-bond donors (Lipinski definition) is 2. The molecule has 29 heavy (non-hydrogen) atoms. The van der Waals surface area contributed by atoms with Crippen LogP contribution in [-0.2, 0) is 21.3 Å². The molecule has 0 aliphatic carbocycles. The number of piperidine rings is 1. The molecule has 162 valence electrons. The average Bonchev–Trinajstić information content (AvgIpc) is 3.20. The lowest BCUT2D eigenvalue weighted by Gasteiger charge is -2.37. The van der Waals surface area contributed by atoms with E-state index in [0.29, 0.717) is 31.5 Å². The summed E-state index contributed by atoms with van der Waals surface area (Å²) in [5.74, 6) is 2.21. The second-order valence-corrected chi connectivity index (χ2v) is 10.1. The van der Waals surface area contributed by atoms with Gasteiger partial charge in [0.25, 0.3) is 0 Å². The molecule has 3 rings (SSSR count). The summed E-state index contributed by atoms with van der Waals surface area (Å²) in [6, 6.07) is 7.01. The Morgan fingerprint density at radius 2 is 1.90 bits per heavy atom. The third kappa shape index (κ3) is 6.17. The molecule has 3 unspecified atom stereocenters. The van der Waals surface area contributed by atoms with Crippen molar-refractivity contribution < 1.29 is 13.2 Å². The Balaban J connectivity index is 1.54. The van der Waals surface area contributed by atoms with Crippen molar-refractivity contribution in [3.8, 4) is 0 Å². The van der Waals surface area contributed by atoms with Crippen LogP contribution in [0.2, 0.25) is 0 Å². The van der Waals surface area contributed by atoms with Gasteiger partial charge in [-0.3, -0.25) is 4.99 Å². The lowest BCUT2D eigenvalue weighted by atomic mass is 9.92. The number of rotatable bonds is 6. The first-order valence-corrected chi connectivity index (χ1v) is 12.0. The predicted octanol–water partition coefficient (Wildman–Crippen LogP) is 2.20. The van der Waals surface area contributed by atoms with Gasteiger partial charge < -0.3 is 15.0 Å². The monoisotopic (exact) mass is 422 g/mol. The van der Waals surface area contributed by atoms with Crippen molar-refractivity contribution in [2.24, 2.45) is 16.8 Å². The number of sulfonamides is 1. The highest BCUT2D eigenvalue weighted by molar-refractivity contribution is 7.89. The molecule has 8 heteroatoms. The van der Waals surface area contributed by atoms with Gasteiger partial charge >= 0.3 is 0 Å². The Morgan fingerprint density at radius 1 is 1.21 bits per heavy atom. The molecule has 2 heterocycles. The Morgan fingerprint density at radius 3 is 2.48 bits per heavy atom. The molecule has 0 bridgehead atoms. The summed E-state index contributed by atoms with van der Waals surface area (Å²) in [6.07, 6.45) is 3.14. The molecule has 1 aromatic carbocycles. The molecular formula is C21H34N4O3S. The maximum absolute atomic E-state index is 12.5. The minimum absolute atomic E-state index is 0.0137. The van der Waals surface area contributed by atoms with Gasteiger partial charge in [0.05, 0.1) is 11.0 Å². The van der Waals surface area contributed by atoms with Crippen LogP contribution < -0.4 is 10.0 Å². The number of aliphatic imine (C=N–C) groups is 1. The predicted molar refractivity (Wildman–Crippen MR) is 115 cm³/mol. The Labute approximate surface area is 175 Å². The van der Waals surface area contributed by atoms with Gasteiger partial charge in [-0.1, -0.05) is 26.0 Å². The minimum atomic E-state index is -3.51. The summed E-state index contributed by atoms with van der Waals surface area (Å²) >= 11 is 0. The van der Waals surface area contributed by atoms with Crippen LogP contribution in [-0.4, -0.2) is 58.7 Å². The van der Waals surface area contributed by atoms with Crippen molar-refractivity contribution in [3.63, 3.8) is 0 Å². The van der Waals surface area contributed by atoms with Crippen LogP contribution in [0.4, 0.5) is 0 Å². The number of hydrogen-bond acceptors (Lipinski definition) is 4. The Bertz CT molecular complexity index is 779. The maximum Gasteiger partial charge on any atom is 0.240 e. The summed E-state index contributed by atoms with van der Waals surface area (Å²) in [7, 11) is -1.71. The summed E-state index contributed by atoms with van der Waals surface area (Å²) in [5, 5.41) is 3.41. The third-order valence-corrected chi connectivity index (χ3v) is 7.03. The molecule has 2 fully saturated rings. The first-order valence-electron chi connectivity index (χ1n) is 10.5. The maximum atomic E-state index is 12.5. The number of guanidine groups is 1. The van der Waals surface area contributed by atoms with Crippen LogP contribution in [0.3, 0.4) is 0 Å². The van der Waals surface area contributed by atoms with Crippen LogP contribution >= 0.6 is 0 Å². The fraction of sp³-hybridized carbons (Fsp3) is 0.667. The quantitative estimate of drug-likeness (QED) is 0.542. The van der Waals surface area contributed by atoms with Crippen LogP contribution in [0.5, 0.6) is 0 Å². The van der Waals surface area contributed by atoms with Gasteiger partial charge in [-0.25, -0.2) is 13.1 Å². The molecule has 2 saturated heterocycles. The van der Waals surface area contributed by atoms with E-state index >= 15 is 0 Å². The smallest absolute Gasteiger partial charge is 0.240 e. The standard InChI is InChI=1S/C21H34N4O3S/c1-16-11-17(2)15-25(14-16)21(22-3)23-12-18-6-8-20(9-7-18)29(26,27)24-13-19-5-4-10-28-19/h6-9,16-17,19,24H,4-5,10-15H2,1-3H3,(H,22,23). The summed E-state index contributed by atoms with van der Waals surface area (Å²) in [4.78, 5) is 7.02. The van der Waals surface area contributed by atoms with Gasteiger partial charge in [-0.05, 0) is 48.8 Å². The highest BCUT2D eigenvalue weighted by atomic mass is 32.2. The van der Waals surface area contributed by atoms with Gasteiger partial charge in [-0.2, -0.15) is 0 Å². The van der Waals surface area contributed by atoms with E-state index in [1.807, 2.05) is 19.2 Å². The summed E-state index contributed by atoms with van der Waals surface area (Å²) < 4.78 is 33.1. The second kappa shape index (κ2) is 9.91. The molecule has 2 aliphatic rings. The Kier molecular flexibility index (Phi) is 7.54. The molecule has 0 radical (unpaired) electrons. The zero-order valence-electron chi connectivity index (χ0n) is 17.7. The molecule has 0 saturated carbocycles. The molecule has 3 atom stereocenters. The molecule has 2 aliphatic heterocycles. The van der Waals surface area contributed by atoms with E-state index in [9.17, 15) is 8.42 Å². The van der Waals surface area contributed by atoms with E-state index in [1.165, 1.54) is 6.42 Å². The number of nitrogens with zero attached hydrogens (tertiary/aromatic N) is 2. The van der Waals surface area contributed by atoms with Gasteiger partial charge in [0.2, 0.25) is 10.0 Å². The average molecular weight is 423 g/mol. The molecule has 0 spiro atoms. The van der Waals surface area contributed by atoms with Crippen molar-refractivity contribution in [2.75, 3.05) is 33.3 Å². The third-order valence-electron chi connectivity index (χ3n) is 5.59. The van der Waals surface area contributed by atoms with Crippen LogP contribution in [0, 0.1) is 11.8 Å². The summed E-state index contributed by atoms with van der Waals surface area (Å²) in [5.41, 5.74) is 1.02. The van der Waals surface area contributed by atoms with E-state index in [0.717, 1.165) is 37.5 Å². The van der Waals surface area contributed by atoms with Crippen LogP contribution in [0.25, 0.3) is 0 Å². The van der Waals surface area contributed by atoms with Gasteiger partial charge in [0.1, 0.15) is 0 Å².